The molecule has 0 radical (unpaired) electrons. The van der Waals surface area contributed by atoms with Crippen molar-refractivity contribution in [3.8, 4) is 0 Å². The van der Waals surface area contributed by atoms with Gasteiger partial charge in [0.2, 0.25) is 5.91 Å². The van der Waals surface area contributed by atoms with Crippen molar-refractivity contribution in [1.82, 2.24) is 5.32 Å². The minimum absolute atomic E-state index is 0.0150. The summed E-state index contributed by atoms with van der Waals surface area (Å²) >= 11 is 0. The number of aliphatic carboxylic acids is 1. The fraction of sp³-hybridized carbons (Fsp3) is 0.750. The molecular weight excluding hydrogens is 158 g/mol. The van der Waals surface area contributed by atoms with E-state index in [1.807, 2.05) is 0 Å². The van der Waals surface area contributed by atoms with Gasteiger partial charge in [0.25, 0.3) is 0 Å². The largest absolute Gasteiger partial charge is 0.481 e. The Labute approximate surface area is 71.0 Å². The van der Waals surface area contributed by atoms with Crippen LogP contribution in [-0.2, 0) is 9.59 Å². The van der Waals surface area contributed by atoms with Crippen LogP contribution in [0.15, 0.2) is 0 Å². The first-order valence-corrected chi connectivity index (χ1v) is 4.19. The highest BCUT2D eigenvalue weighted by molar-refractivity contribution is 5.77. The van der Waals surface area contributed by atoms with Crippen LogP contribution < -0.4 is 5.32 Å². The molecule has 0 spiro atoms. The zero-order valence-corrected chi connectivity index (χ0v) is 6.88. The number of rotatable bonds is 2. The summed E-state index contributed by atoms with van der Waals surface area (Å²) in [6.45, 7) is 0. The molecule has 0 aromatic carbocycles. The Kier molecular flexibility index (Phi) is 3.08. The number of nitrogens with one attached hydrogen (secondary N) is 1. The molecule has 2 N–H and O–H groups in total. The first-order chi connectivity index (χ1) is 5.68. The van der Waals surface area contributed by atoms with E-state index in [0.717, 1.165) is 19.3 Å². The standard InChI is InChI=1S/C8H13NO3/c10-7-4-2-1-3-6(9-7)5-8(11)12/h6H,1-5H2,(H,9,10)(H,11,12)/t6-/m1/s1. The molecule has 0 saturated carbocycles. The average Bonchev–Trinajstić information content (AvgIpc) is 2.12. The Balaban J connectivity index is 2.41. The molecule has 1 atom stereocenters. The number of carboxylic acid groups (broad SMARTS) is 1. The van der Waals surface area contributed by atoms with Crippen LogP contribution in [0.1, 0.15) is 32.1 Å². The molecule has 1 fully saturated rings. The van der Waals surface area contributed by atoms with Crippen LogP contribution in [0.4, 0.5) is 0 Å². The number of carboxylic acids is 1. The van der Waals surface area contributed by atoms with E-state index in [2.05, 4.69) is 5.32 Å². The molecular formula is C8H13NO3. The summed E-state index contributed by atoms with van der Waals surface area (Å²) in [7, 11) is 0. The molecule has 4 heteroatoms. The average molecular weight is 171 g/mol. The number of carbonyl (C=O) groups is 2. The zero-order chi connectivity index (χ0) is 8.97. The third-order valence-electron chi connectivity index (χ3n) is 1.99. The van der Waals surface area contributed by atoms with Crippen LogP contribution in [0.2, 0.25) is 0 Å². The highest BCUT2D eigenvalue weighted by Crippen LogP contribution is 2.11. The van der Waals surface area contributed by atoms with Gasteiger partial charge < -0.3 is 10.4 Å². The Hall–Kier alpha value is -1.06. The Bertz CT molecular complexity index is 191. The molecule has 1 aliphatic heterocycles. The lowest BCUT2D eigenvalue weighted by atomic mass is 10.1. The van der Waals surface area contributed by atoms with Crippen LogP contribution in [-0.4, -0.2) is 23.0 Å². The fourth-order valence-corrected chi connectivity index (χ4v) is 1.41. The maximum Gasteiger partial charge on any atom is 0.305 e. The van der Waals surface area contributed by atoms with Gasteiger partial charge in [0.05, 0.1) is 6.42 Å². The van der Waals surface area contributed by atoms with E-state index in [-0.39, 0.29) is 18.4 Å². The summed E-state index contributed by atoms with van der Waals surface area (Å²) in [6.07, 6.45) is 3.19. The second-order valence-corrected chi connectivity index (χ2v) is 3.11. The maximum absolute atomic E-state index is 11.0. The van der Waals surface area contributed by atoms with Gasteiger partial charge in [-0.05, 0) is 12.8 Å². The Morgan fingerprint density at radius 2 is 2.33 bits per heavy atom. The van der Waals surface area contributed by atoms with Crippen LogP contribution >= 0.6 is 0 Å². The maximum atomic E-state index is 11.0. The van der Waals surface area contributed by atoms with Gasteiger partial charge in [0, 0.05) is 12.5 Å². The van der Waals surface area contributed by atoms with Gasteiger partial charge in [0.15, 0.2) is 0 Å². The van der Waals surface area contributed by atoms with Gasteiger partial charge in [0.1, 0.15) is 0 Å². The third-order valence-corrected chi connectivity index (χ3v) is 1.99. The molecule has 0 aromatic rings. The summed E-state index contributed by atoms with van der Waals surface area (Å²) in [5.41, 5.74) is 0. The second-order valence-electron chi connectivity index (χ2n) is 3.11. The van der Waals surface area contributed by atoms with E-state index < -0.39 is 5.97 Å². The van der Waals surface area contributed by atoms with E-state index in [1.165, 1.54) is 0 Å². The Morgan fingerprint density at radius 3 is 3.00 bits per heavy atom. The molecule has 0 unspecified atom stereocenters. The third kappa shape index (κ3) is 2.90. The number of hydrogen-bond acceptors (Lipinski definition) is 2. The van der Waals surface area contributed by atoms with Crippen LogP contribution in [0, 0.1) is 0 Å². The van der Waals surface area contributed by atoms with Crippen molar-refractivity contribution in [2.75, 3.05) is 0 Å². The van der Waals surface area contributed by atoms with Crippen LogP contribution in [0.5, 0.6) is 0 Å². The molecule has 0 bridgehead atoms. The summed E-state index contributed by atoms with van der Waals surface area (Å²) < 4.78 is 0. The number of hydrogen-bond donors (Lipinski definition) is 2. The smallest absolute Gasteiger partial charge is 0.305 e. The van der Waals surface area contributed by atoms with Crippen molar-refractivity contribution >= 4 is 11.9 Å². The predicted octanol–water partition coefficient (Wildman–Crippen LogP) is 0.520. The first kappa shape index (κ1) is 9.03. The van der Waals surface area contributed by atoms with Gasteiger partial charge in [-0.15, -0.1) is 0 Å². The zero-order valence-electron chi connectivity index (χ0n) is 6.88. The van der Waals surface area contributed by atoms with Crippen LogP contribution in [0.3, 0.4) is 0 Å². The monoisotopic (exact) mass is 171 g/mol. The van der Waals surface area contributed by atoms with Gasteiger partial charge in [-0.25, -0.2) is 0 Å². The molecule has 1 aliphatic rings. The lowest BCUT2D eigenvalue weighted by Crippen LogP contribution is -2.34. The fourth-order valence-electron chi connectivity index (χ4n) is 1.41. The van der Waals surface area contributed by atoms with E-state index in [0.29, 0.717) is 6.42 Å². The van der Waals surface area contributed by atoms with Crippen molar-refractivity contribution in [1.29, 1.82) is 0 Å². The van der Waals surface area contributed by atoms with E-state index >= 15 is 0 Å². The molecule has 0 aromatic heterocycles. The van der Waals surface area contributed by atoms with Crippen molar-refractivity contribution in [3.05, 3.63) is 0 Å². The topological polar surface area (TPSA) is 66.4 Å². The van der Waals surface area contributed by atoms with Gasteiger partial charge >= 0.3 is 5.97 Å². The summed E-state index contributed by atoms with van der Waals surface area (Å²) in [5.74, 6) is -0.860. The predicted molar refractivity (Wildman–Crippen MR) is 42.7 cm³/mol. The van der Waals surface area contributed by atoms with Crippen molar-refractivity contribution < 1.29 is 14.7 Å². The minimum Gasteiger partial charge on any atom is -0.481 e. The summed E-state index contributed by atoms with van der Waals surface area (Å²) in [6, 6.07) is -0.155. The molecule has 1 heterocycles. The molecule has 68 valence electrons. The normalized spacial score (nSPS) is 24.3. The summed E-state index contributed by atoms with van der Waals surface area (Å²) in [5, 5.41) is 11.2. The lowest BCUT2D eigenvalue weighted by Gasteiger charge is -2.12. The highest BCUT2D eigenvalue weighted by Gasteiger charge is 2.18. The molecule has 0 aliphatic carbocycles. The van der Waals surface area contributed by atoms with Crippen molar-refractivity contribution in [3.63, 3.8) is 0 Å². The Morgan fingerprint density at radius 1 is 1.58 bits per heavy atom. The van der Waals surface area contributed by atoms with Crippen molar-refractivity contribution in [2.24, 2.45) is 0 Å². The van der Waals surface area contributed by atoms with Gasteiger partial charge in [-0.3, -0.25) is 9.59 Å². The molecule has 4 nitrogen and oxygen atoms in total. The number of carbonyl (C=O) groups excluding carboxylic acids is 1. The second kappa shape index (κ2) is 4.09. The SMILES string of the molecule is O=C(O)C[C@H]1CCCCC(=O)N1. The van der Waals surface area contributed by atoms with Gasteiger partial charge in [-0.2, -0.15) is 0 Å². The highest BCUT2D eigenvalue weighted by atomic mass is 16.4. The number of amides is 1. The molecule has 1 amide bonds. The van der Waals surface area contributed by atoms with E-state index in [1.54, 1.807) is 0 Å². The van der Waals surface area contributed by atoms with Crippen LogP contribution in [0.25, 0.3) is 0 Å². The summed E-state index contributed by atoms with van der Waals surface area (Å²) in [4.78, 5) is 21.3. The molecule has 1 saturated heterocycles. The minimum atomic E-state index is -0.845. The molecule has 12 heavy (non-hydrogen) atoms. The molecule has 1 rings (SSSR count). The van der Waals surface area contributed by atoms with E-state index in [4.69, 9.17) is 5.11 Å². The lowest BCUT2D eigenvalue weighted by molar-refractivity contribution is -0.137. The van der Waals surface area contributed by atoms with Crippen molar-refractivity contribution in [2.45, 2.75) is 38.1 Å². The van der Waals surface area contributed by atoms with Gasteiger partial charge in [-0.1, -0.05) is 6.42 Å². The first-order valence-electron chi connectivity index (χ1n) is 4.19. The van der Waals surface area contributed by atoms with E-state index in [9.17, 15) is 9.59 Å². The quantitative estimate of drug-likeness (QED) is 0.636.